The van der Waals surface area contributed by atoms with Gasteiger partial charge in [0.2, 0.25) is 5.91 Å². The number of nitrogens with zero attached hydrogens (tertiary/aromatic N) is 4. The molecular formula is C20H28N4O. The lowest BCUT2D eigenvalue weighted by molar-refractivity contribution is -0.130. The van der Waals surface area contributed by atoms with Crippen molar-refractivity contribution in [2.24, 2.45) is 5.92 Å². The Morgan fingerprint density at radius 1 is 1.32 bits per heavy atom. The lowest BCUT2D eigenvalue weighted by atomic mass is 10.0. The van der Waals surface area contributed by atoms with Crippen LogP contribution >= 0.6 is 0 Å². The van der Waals surface area contributed by atoms with Crippen LogP contribution in [0.2, 0.25) is 0 Å². The van der Waals surface area contributed by atoms with Crippen LogP contribution in [0, 0.1) is 5.92 Å². The number of hydrogen-bond acceptors (Lipinski definition) is 3. The molecule has 0 bridgehead atoms. The zero-order valence-corrected chi connectivity index (χ0v) is 15.3. The molecule has 1 aliphatic heterocycles. The minimum atomic E-state index is 0.202. The minimum Gasteiger partial charge on any atom is -0.341 e. The topological polar surface area (TPSA) is 41.4 Å². The van der Waals surface area contributed by atoms with Crippen LogP contribution in [0.1, 0.15) is 31.7 Å². The third-order valence-electron chi connectivity index (χ3n) is 4.96. The minimum absolute atomic E-state index is 0.202. The summed E-state index contributed by atoms with van der Waals surface area (Å²) in [6, 6.07) is 10.0. The van der Waals surface area contributed by atoms with Crippen molar-refractivity contribution in [3.8, 4) is 5.69 Å². The summed E-state index contributed by atoms with van der Waals surface area (Å²) in [6.07, 6.45) is 6.85. The van der Waals surface area contributed by atoms with Gasteiger partial charge < -0.3 is 9.80 Å². The van der Waals surface area contributed by atoms with Crippen LogP contribution in [0.5, 0.6) is 0 Å². The second-order valence-corrected chi connectivity index (χ2v) is 7.13. The quantitative estimate of drug-likeness (QED) is 0.812. The Morgan fingerprint density at radius 2 is 2.16 bits per heavy atom. The molecule has 1 atom stereocenters. The number of aromatic nitrogens is 2. The SMILES string of the molecule is C[C@H]1CCCN(CCC(=O)N(C)Cc2ccccc2-n2cccn2)C1. The van der Waals surface area contributed by atoms with E-state index in [0.717, 1.165) is 36.8 Å². The van der Waals surface area contributed by atoms with Crippen LogP contribution in [0.4, 0.5) is 0 Å². The molecule has 1 aliphatic rings. The summed E-state index contributed by atoms with van der Waals surface area (Å²) >= 11 is 0. The first-order valence-corrected chi connectivity index (χ1v) is 9.17. The first-order valence-electron chi connectivity index (χ1n) is 9.17. The molecule has 0 spiro atoms. The van der Waals surface area contributed by atoms with E-state index in [4.69, 9.17) is 0 Å². The van der Waals surface area contributed by atoms with Crippen molar-refractivity contribution in [3.63, 3.8) is 0 Å². The molecule has 25 heavy (non-hydrogen) atoms. The van der Waals surface area contributed by atoms with E-state index < -0.39 is 0 Å². The molecule has 1 aromatic carbocycles. The zero-order chi connectivity index (χ0) is 17.6. The van der Waals surface area contributed by atoms with Gasteiger partial charge >= 0.3 is 0 Å². The third kappa shape index (κ3) is 4.69. The van der Waals surface area contributed by atoms with Gasteiger partial charge in [0.05, 0.1) is 5.69 Å². The number of para-hydroxylation sites is 1. The number of benzene rings is 1. The van der Waals surface area contributed by atoms with E-state index in [1.807, 2.05) is 47.1 Å². The summed E-state index contributed by atoms with van der Waals surface area (Å²) in [5.41, 5.74) is 2.13. The fraction of sp³-hybridized carbons (Fsp3) is 0.500. The summed E-state index contributed by atoms with van der Waals surface area (Å²) in [6.45, 7) is 6.02. The maximum absolute atomic E-state index is 12.5. The molecule has 2 aromatic rings. The predicted octanol–water partition coefficient (Wildman–Crippen LogP) is 2.95. The average Bonchev–Trinajstić information content (AvgIpc) is 3.14. The van der Waals surface area contributed by atoms with Gasteiger partial charge in [0.25, 0.3) is 0 Å². The fourth-order valence-electron chi connectivity index (χ4n) is 3.56. The monoisotopic (exact) mass is 340 g/mol. The molecular weight excluding hydrogens is 312 g/mol. The second-order valence-electron chi connectivity index (χ2n) is 7.13. The van der Waals surface area contributed by atoms with E-state index in [0.29, 0.717) is 13.0 Å². The Hall–Kier alpha value is -2.14. The highest BCUT2D eigenvalue weighted by Crippen LogP contribution is 2.17. The van der Waals surface area contributed by atoms with Crippen LogP contribution in [0.25, 0.3) is 5.69 Å². The first kappa shape index (κ1) is 17.7. The number of carbonyl (C=O) groups excluding carboxylic acids is 1. The highest BCUT2D eigenvalue weighted by molar-refractivity contribution is 5.76. The molecule has 5 nitrogen and oxygen atoms in total. The summed E-state index contributed by atoms with van der Waals surface area (Å²) in [5.74, 6) is 0.955. The van der Waals surface area contributed by atoms with Gasteiger partial charge in [-0.15, -0.1) is 0 Å². The van der Waals surface area contributed by atoms with Crippen molar-refractivity contribution < 1.29 is 4.79 Å². The molecule has 0 radical (unpaired) electrons. The number of rotatable bonds is 6. The van der Waals surface area contributed by atoms with E-state index in [9.17, 15) is 4.79 Å². The van der Waals surface area contributed by atoms with E-state index in [-0.39, 0.29) is 5.91 Å². The van der Waals surface area contributed by atoms with Gasteiger partial charge in [0, 0.05) is 45.5 Å². The van der Waals surface area contributed by atoms with Gasteiger partial charge in [0.15, 0.2) is 0 Å². The number of hydrogen-bond donors (Lipinski definition) is 0. The highest BCUT2D eigenvalue weighted by atomic mass is 16.2. The summed E-state index contributed by atoms with van der Waals surface area (Å²) < 4.78 is 1.85. The van der Waals surface area contributed by atoms with Crippen molar-refractivity contribution in [2.45, 2.75) is 32.7 Å². The average molecular weight is 340 g/mol. The molecule has 2 heterocycles. The molecule has 3 rings (SSSR count). The van der Waals surface area contributed by atoms with Gasteiger partial charge in [-0.3, -0.25) is 4.79 Å². The number of likely N-dealkylation sites (tertiary alicyclic amines) is 1. The van der Waals surface area contributed by atoms with Gasteiger partial charge in [-0.2, -0.15) is 5.10 Å². The summed E-state index contributed by atoms with van der Waals surface area (Å²) in [5, 5.41) is 4.31. The smallest absolute Gasteiger partial charge is 0.223 e. The van der Waals surface area contributed by atoms with Crippen LogP contribution in [0.15, 0.2) is 42.7 Å². The second kappa shape index (κ2) is 8.30. The molecule has 5 heteroatoms. The molecule has 0 aliphatic carbocycles. The fourth-order valence-corrected chi connectivity index (χ4v) is 3.56. The first-order chi connectivity index (χ1) is 12.1. The Balaban J connectivity index is 1.57. The van der Waals surface area contributed by atoms with Gasteiger partial charge in [-0.05, 0) is 43.0 Å². The van der Waals surface area contributed by atoms with E-state index in [2.05, 4.69) is 23.0 Å². The van der Waals surface area contributed by atoms with Crippen LogP contribution in [0.3, 0.4) is 0 Å². The van der Waals surface area contributed by atoms with E-state index in [1.165, 1.54) is 12.8 Å². The molecule has 134 valence electrons. The van der Waals surface area contributed by atoms with Crippen molar-refractivity contribution in [1.82, 2.24) is 19.6 Å². The lowest BCUT2D eigenvalue weighted by Gasteiger charge is -2.31. The van der Waals surface area contributed by atoms with Gasteiger partial charge in [-0.25, -0.2) is 4.68 Å². The maximum Gasteiger partial charge on any atom is 0.223 e. The summed E-state index contributed by atoms with van der Waals surface area (Å²) in [7, 11) is 1.89. The van der Waals surface area contributed by atoms with Gasteiger partial charge in [-0.1, -0.05) is 25.1 Å². The predicted molar refractivity (Wildman–Crippen MR) is 99.5 cm³/mol. The van der Waals surface area contributed by atoms with Crippen molar-refractivity contribution >= 4 is 5.91 Å². The molecule has 1 fully saturated rings. The van der Waals surface area contributed by atoms with Crippen LogP contribution < -0.4 is 0 Å². The normalized spacial score (nSPS) is 18.2. The molecule has 1 saturated heterocycles. The zero-order valence-electron chi connectivity index (χ0n) is 15.3. The maximum atomic E-state index is 12.5. The number of carbonyl (C=O) groups is 1. The van der Waals surface area contributed by atoms with Crippen LogP contribution in [-0.2, 0) is 11.3 Å². The largest absolute Gasteiger partial charge is 0.341 e. The Bertz CT molecular complexity index is 683. The lowest BCUT2D eigenvalue weighted by Crippen LogP contribution is -2.37. The Morgan fingerprint density at radius 3 is 2.92 bits per heavy atom. The molecule has 0 unspecified atom stereocenters. The highest BCUT2D eigenvalue weighted by Gasteiger charge is 2.18. The summed E-state index contributed by atoms with van der Waals surface area (Å²) in [4.78, 5) is 16.8. The Labute approximate surface area is 150 Å². The number of amides is 1. The number of piperidine rings is 1. The van der Waals surface area contributed by atoms with E-state index >= 15 is 0 Å². The van der Waals surface area contributed by atoms with Crippen molar-refractivity contribution in [1.29, 1.82) is 0 Å². The van der Waals surface area contributed by atoms with Crippen LogP contribution in [-0.4, -0.2) is 52.2 Å². The molecule has 1 amide bonds. The molecule has 0 saturated carbocycles. The van der Waals surface area contributed by atoms with E-state index in [1.54, 1.807) is 6.20 Å². The van der Waals surface area contributed by atoms with Crippen molar-refractivity contribution in [2.75, 3.05) is 26.7 Å². The molecule has 0 N–H and O–H groups in total. The third-order valence-corrected chi connectivity index (χ3v) is 4.96. The van der Waals surface area contributed by atoms with Gasteiger partial charge in [0.1, 0.15) is 0 Å². The van der Waals surface area contributed by atoms with Crippen molar-refractivity contribution in [3.05, 3.63) is 48.3 Å². The Kier molecular flexibility index (Phi) is 5.87. The molecule has 1 aromatic heterocycles. The standard InChI is InChI=1S/C20H28N4O/c1-17-7-5-12-23(15-17)14-10-20(25)22(2)16-18-8-3-4-9-19(18)24-13-6-11-21-24/h3-4,6,8-9,11,13,17H,5,7,10,12,14-16H2,1-2H3/t17-/m0/s1.